The summed E-state index contributed by atoms with van der Waals surface area (Å²) in [5, 5.41) is 9.88. The molecule has 4 aromatic rings. The van der Waals surface area contributed by atoms with Gasteiger partial charge in [0, 0.05) is 5.39 Å². The molecule has 2 heterocycles. The van der Waals surface area contributed by atoms with Crippen molar-refractivity contribution in [2.75, 3.05) is 5.32 Å². The predicted molar refractivity (Wildman–Crippen MR) is 126 cm³/mol. The average molecular weight is 473 g/mol. The van der Waals surface area contributed by atoms with E-state index < -0.39 is 15.3 Å². The van der Waals surface area contributed by atoms with Gasteiger partial charge in [-0.25, -0.2) is 23.5 Å². The third kappa shape index (κ3) is 4.57. The maximum absolute atomic E-state index is 12.7. The van der Waals surface area contributed by atoms with Gasteiger partial charge in [0.2, 0.25) is 15.9 Å². The van der Waals surface area contributed by atoms with Crippen LogP contribution in [0.4, 0.5) is 5.13 Å². The van der Waals surface area contributed by atoms with E-state index in [4.69, 9.17) is 10.1 Å². The molecule has 0 bridgehead atoms. The maximum atomic E-state index is 12.7. The number of fused-ring (bicyclic) bond motifs is 2. The van der Waals surface area contributed by atoms with Crippen molar-refractivity contribution in [3.8, 4) is 0 Å². The number of benzene rings is 2. The number of carbonyl (C=O) groups excluding carboxylic acids is 1. The molecule has 0 aliphatic rings. The van der Waals surface area contributed by atoms with Crippen LogP contribution in [0.15, 0.2) is 52.4 Å². The van der Waals surface area contributed by atoms with Crippen molar-refractivity contribution in [1.29, 1.82) is 0 Å². The van der Waals surface area contributed by atoms with Crippen LogP contribution < -0.4 is 10.5 Å². The number of aromatic nitrogens is 2. The summed E-state index contributed by atoms with van der Waals surface area (Å²) in [6, 6.07) is 12.5. The molecule has 3 N–H and O–H groups in total. The molecule has 1 atom stereocenters. The topological polar surface area (TPSA) is 115 Å². The summed E-state index contributed by atoms with van der Waals surface area (Å²) in [5.41, 5.74) is 3.74. The minimum absolute atomic E-state index is 0.0125. The van der Waals surface area contributed by atoms with Crippen molar-refractivity contribution >= 4 is 65.3 Å². The first-order valence-electron chi connectivity index (χ1n) is 9.40. The Hall–Kier alpha value is -2.53. The van der Waals surface area contributed by atoms with Crippen molar-refractivity contribution in [2.24, 2.45) is 5.14 Å². The molecule has 0 aliphatic heterocycles. The first-order chi connectivity index (χ1) is 14.6. The van der Waals surface area contributed by atoms with E-state index in [0.717, 1.165) is 27.1 Å². The monoisotopic (exact) mass is 472 g/mol. The molecule has 0 radical (unpaired) electrons. The van der Waals surface area contributed by atoms with Crippen LogP contribution in [0.1, 0.15) is 18.1 Å². The molecule has 10 heteroatoms. The summed E-state index contributed by atoms with van der Waals surface area (Å²) in [6.07, 6.45) is 0. The van der Waals surface area contributed by atoms with Gasteiger partial charge < -0.3 is 5.32 Å². The number of hydrogen-bond acceptors (Lipinski definition) is 7. The first kappa shape index (κ1) is 21.7. The number of hydrogen-bond donors (Lipinski definition) is 2. The number of rotatable bonds is 5. The molecule has 0 fully saturated rings. The maximum Gasteiger partial charge on any atom is 0.239 e. The summed E-state index contributed by atoms with van der Waals surface area (Å²) >= 11 is 2.58. The highest BCUT2D eigenvalue weighted by atomic mass is 32.2. The third-order valence-electron chi connectivity index (χ3n) is 4.81. The van der Waals surface area contributed by atoms with E-state index in [-0.39, 0.29) is 10.8 Å². The SMILES string of the molecule is Cc1cc(SC(C)C(=O)Nc2nc3ccc(S(N)(=O)=O)cc3s2)nc2c(C)cccc12. The standard InChI is InChI=1S/C21H20N4O3S3/c1-11-5-4-6-15-12(2)9-18(24-19(11)15)29-13(3)20(26)25-21-23-16-8-7-14(31(22,27)28)10-17(16)30-21/h4-10,13H,1-3H3,(H2,22,27,28)(H,23,25,26). The van der Waals surface area contributed by atoms with Crippen molar-refractivity contribution < 1.29 is 13.2 Å². The molecule has 4 rings (SSSR count). The quantitative estimate of drug-likeness (QED) is 0.420. The number of sulfonamides is 1. The molecule has 7 nitrogen and oxygen atoms in total. The molecule has 1 amide bonds. The van der Waals surface area contributed by atoms with E-state index in [1.54, 1.807) is 6.07 Å². The van der Waals surface area contributed by atoms with Gasteiger partial charge in [0.15, 0.2) is 5.13 Å². The Bertz CT molecular complexity index is 1430. The van der Waals surface area contributed by atoms with Crippen LogP contribution in [-0.2, 0) is 14.8 Å². The summed E-state index contributed by atoms with van der Waals surface area (Å²) in [4.78, 5) is 21.8. The molecule has 2 aromatic heterocycles. The van der Waals surface area contributed by atoms with Crippen molar-refractivity contribution in [3.63, 3.8) is 0 Å². The summed E-state index contributed by atoms with van der Waals surface area (Å²) in [6.45, 7) is 5.87. The lowest BCUT2D eigenvalue weighted by Crippen LogP contribution is -2.22. The number of primary sulfonamides is 1. The van der Waals surface area contributed by atoms with Crippen LogP contribution in [0.25, 0.3) is 21.1 Å². The number of amides is 1. The second-order valence-electron chi connectivity index (χ2n) is 7.19. The molecule has 0 aliphatic carbocycles. The Morgan fingerprint density at radius 1 is 1.13 bits per heavy atom. The minimum atomic E-state index is -3.80. The van der Waals surface area contributed by atoms with E-state index in [0.29, 0.717) is 15.3 Å². The van der Waals surface area contributed by atoms with Gasteiger partial charge in [-0.1, -0.05) is 41.3 Å². The largest absolute Gasteiger partial charge is 0.301 e. The number of thioether (sulfide) groups is 1. The normalized spacial score (nSPS) is 12.9. The van der Waals surface area contributed by atoms with Crippen LogP contribution in [0.3, 0.4) is 0 Å². The molecule has 1 unspecified atom stereocenters. The molecule has 160 valence electrons. The molecular weight excluding hydrogens is 452 g/mol. The highest BCUT2D eigenvalue weighted by Gasteiger charge is 2.19. The molecule has 0 saturated heterocycles. The number of aryl methyl sites for hydroxylation is 2. The fourth-order valence-corrected chi connectivity index (χ4v) is 5.61. The number of thiazole rings is 1. The Morgan fingerprint density at radius 2 is 1.90 bits per heavy atom. The van der Waals surface area contributed by atoms with Crippen LogP contribution in [0.5, 0.6) is 0 Å². The van der Waals surface area contributed by atoms with Crippen molar-refractivity contribution in [1.82, 2.24) is 9.97 Å². The van der Waals surface area contributed by atoms with Gasteiger partial charge in [-0.15, -0.1) is 0 Å². The van der Waals surface area contributed by atoms with Crippen molar-refractivity contribution in [3.05, 3.63) is 53.6 Å². The fourth-order valence-electron chi connectivity index (χ4n) is 3.17. The van der Waals surface area contributed by atoms with E-state index in [2.05, 4.69) is 10.3 Å². The first-order valence-corrected chi connectivity index (χ1v) is 12.6. The zero-order valence-electron chi connectivity index (χ0n) is 17.0. The third-order valence-corrected chi connectivity index (χ3v) is 7.67. The number of para-hydroxylation sites is 1. The summed E-state index contributed by atoms with van der Waals surface area (Å²) in [5.74, 6) is -0.208. The Labute approximate surface area is 188 Å². The van der Waals surface area contributed by atoms with Crippen molar-refractivity contribution in [2.45, 2.75) is 35.9 Å². The van der Waals surface area contributed by atoms with E-state index in [1.165, 1.54) is 35.2 Å². The highest BCUT2D eigenvalue weighted by molar-refractivity contribution is 8.00. The molecule has 31 heavy (non-hydrogen) atoms. The van der Waals surface area contributed by atoms with Gasteiger partial charge in [-0.05, 0) is 56.2 Å². The molecule has 0 saturated carbocycles. The van der Waals surface area contributed by atoms with Crippen LogP contribution >= 0.6 is 23.1 Å². The zero-order valence-corrected chi connectivity index (χ0v) is 19.5. The van der Waals surface area contributed by atoms with Gasteiger partial charge in [-0.3, -0.25) is 4.79 Å². The molecule has 0 spiro atoms. The molecule has 2 aromatic carbocycles. The van der Waals surface area contributed by atoms with Gasteiger partial charge >= 0.3 is 0 Å². The lowest BCUT2D eigenvalue weighted by Gasteiger charge is -2.12. The van der Waals surface area contributed by atoms with Gasteiger partial charge in [0.25, 0.3) is 0 Å². The second kappa shape index (κ2) is 8.19. The number of nitrogens with zero attached hydrogens (tertiary/aromatic N) is 2. The van der Waals surface area contributed by atoms with E-state index in [1.807, 2.05) is 45.0 Å². The summed E-state index contributed by atoms with van der Waals surface area (Å²) in [7, 11) is -3.80. The van der Waals surface area contributed by atoms with E-state index >= 15 is 0 Å². The lowest BCUT2D eigenvalue weighted by molar-refractivity contribution is -0.115. The van der Waals surface area contributed by atoms with E-state index in [9.17, 15) is 13.2 Å². The van der Waals surface area contributed by atoms with Crippen LogP contribution in [0.2, 0.25) is 0 Å². The Morgan fingerprint density at radius 3 is 2.65 bits per heavy atom. The number of pyridine rings is 1. The van der Waals surface area contributed by atoms with Crippen LogP contribution in [-0.4, -0.2) is 29.5 Å². The van der Waals surface area contributed by atoms with Gasteiger partial charge in [-0.2, -0.15) is 0 Å². The fraction of sp³-hybridized carbons (Fsp3) is 0.190. The number of anilines is 1. The zero-order chi connectivity index (χ0) is 22.3. The second-order valence-corrected chi connectivity index (χ2v) is 11.1. The highest BCUT2D eigenvalue weighted by Crippen LogP contribution is 2.31. The van der Waals surface area contributed by atoms with Gasteiger partial charge in [0.1, 0.15) is 0 Å². The average Bonchev–Trinajstić information content (AvgIpc) is 3.09. The lowest BCUT2D eigenvalue weighted by atomic mass is 10.1. The summed E-state index contributed by atoms with van der Waals surface area (Å²) < 4.78 is 23.7. The smallest absolute Gasteiger partial charge is 0.239 e. The van der Waals surface area contributed by atoms with Gasteiger partial charge in [0.05, 0.1) is 30.9 Å². The Kier molecular flexibility index (Phi) is 5.73. The number of nitrogens with two attached hydrogens (primary N) is 1. The minimum Gasteiger partial charge on any atom is -0.301 e. The molecular formula is C21H20N4O3S3. The number of nitrogens with one attached hydrogen (secondary N) is 1. The van der Waals surface area contributed by atoms with Crippen LogP contribution in [0, 0.1) is 13.8 Å². The number of carbonyl (C=O) groups is 1. The predicted octanol–water partition coefficient (Wildman–Crippen LogP) is 4.23. The Balaban J connectivity index is 1.52.